The number of carbonyl (C=O) groups is 1. The van der Waals surface area contributed by atoms with Crippen molar-refractivity contribution in [3.8, 4) is 0 Å². The number of piperidine rings is 1. The number of hydrogen-bond donors (Lipinski definition) is 0. The van der Waals surface area contributed by atoms with Gasteiger partial charge in [0, 0.05) is 24.5 Å². The summed E-state index contributed by atoms with van der Waals surface area (Å²) in [5.74, 6) is 0.941. The molecule has 24 heavy (non-hydrogen) atoms. The van der Waals surface area contributed by atoms with E-state index in [0.717, 1.165) is 30.8 Å². The van der Waals surface area contributed by atoms with E-state index in [1.807, 2.05) is 17.9 Å². The van der Waals surface area contributed by atoms with Gasteiger partial charge in [-0.15, -0.1) is 11.3 Å². The molecular weight excluding hydrogens is 344 g/mol. The zero-order valence-electron chi connectivity index (χ0n) is 14.6. The number of sulfonamides is 1. The normalized spacial score (nSPS) is 29.1. The Morgan fingerprint density at radius 3 is 2.46 bits per heavy atom. The first-order chi connectivity index (χ1) is 11.3. The number of aryl methyl sites for hydroxylation is 1. The Balaban J connectivity index is 1.81. The van der Waals surface area contributed by atoms with Crippen LogP contribution in [-0.4, -0.2) is 49.2 Å². The summed E-state index contributed by atoms with van der Waals surface area (Å²) in [4.78, 5) is 15.9. The smallest absolute Gasteiger partial charge is 0.253 e. The first kappa shape index (κ1) is 17.9. The van der Waals surface area contributed by atoms with E-state index in [2.05, 4.69) is 13.8 Å². The molecule has 3 rings (SSSR count). The van der Waals surface area contributed by atoms with Gasteiger partial charge in [0.05, 0.1) is 0 Å². The fourth-order valence-corrected chi connectivity index (χ4v) is 7.06. The third-order valence-electron chi connectivity index (χ3n) is 4.95. The number of rotatable bonds is 3. The highest BCUT2D eigenvalue weighted by Crippen LogP contribution is 2.32. The number of nitrogens with zero attached hydrogens (tertiary/aromatic N) is 2. The number of thiophene rings is 1. The van der Waals surface area contributed by atoms with E-state index >= 15 is 0 Å². The van der Waals surface area contributed by atoms with Gasteiger partial charge in [0.2, 0.25) is 5.91 Å². The third-order valence-corrected chi connectivity index (χ3v) is 8.32. The Morgan fingerprint density at radius 2 is 1.88 bits per heavy atom. The van der Waals surface area contributed by atoms with Crippen molar-refractivity contribution < 1.29 is 13.2 Å². The second-order valence-electron chi connectivity index (χ2n) is 7.33. The van der Waals surface area contributed by atoms with Gasteiger partial charge in [-0.3, -0.25) is 4.79 Å². The average molecular weight is 371 g/mol. The van der Waals surface area contributed by atoms with Crippen LogP contribution in [0.2, 0.25) is 0 Å². The molecule has 1 amide bonds. The second kappa shape index (κ2) is 6.77. The number of likely N-dealkylation sites (tertiary alicyclic amines) is 1. The minimum Gasteiger partial charge on any atom is -0.341 e. The van der Waals surface area contributed by atoms with Crippen LogP contribution in [0, 0.1) is 18.8 Å². The molecule has 0 aliphatic carbocycles. The molecule has 1 aromatic rings. The van der Waals surface area contributed by atoms with Gasteiger partial charge in [-0.1, -0.05) is 13.8 Å². The molecule has 5 nitrogen and oxygen atoms in total. The van der Waals surface area contributed by atoms with Crippen LogP contribution in [0.4, 0.5) is 0 Å². The maximum absolute atomic E-state index is 13.0. The molecule has 0 saturated carbocycles. The molecule has 2 fully saturated rings. The summed E-state index contributed by atoms with van der Waals surface area (Å²) in [6, 6.07) is 2.94. The average Bonchev–Trinajstić information content (AvgIpc) is 3.14. The van der Waals surface area contributed by atoms with Crippen LogP contribution in [-0.2, 0) is 14.8 Å². The molecule has 3 heterocycles. The maximum atomic E-state index is 13.0. The number of carbonyl (C=O) groups excluding carboxylic acids is 1. The lowest BCUT2D eigenvalue weighted by Gasteiger charge is -2.37. The van der Waals surface area contributed by atoms with Crippen molar-refractivity contribution in [3.05, 3.63) is 17.0 Å². The molecule has 0 bridgehead atoms. The Morgan fingerprint density at radius 1 is 1.21 bits per heavy atom. The van der Waals surface area contributed by atoms with E-state index in [1.165, 1.54) is 15.6 Å². The molecule has 0 N–H and O–H groups in total. The second-order valence-corrected chi connectivity index (χ2v) is 10.7. The molecule has 3 unspecified atom stereocenters. The summed E-state index contributed by atoms with van der Waals surface area (Å²) in [7, 11) is -3.57. The molecule has 2 saturated heterocycles. The fourth-order valence-electron chi connectivity index (χ4n) is 3.99. The van der Waals surface area contributed by atoms with Gasteiger partial charge in [-0.05, 0) is 50.2 Å². The van der Waals surface area contributed by atoms with Crippen molar-refractivity contribution in [1.82, 2.24) is 9.21 Å². The largest absolute Gasteiger partial charge is 0.341 e. The molecule has 0 spiro atoms. The van der Waals surface area contributed by atoms with Crippen LogP contribution in [0.1, 0.15) is 38.0 Å². The third kappa shape index (κ3) is 3.39. The van der Waals surface area contributed by atoms with E-state index in [9.17, 15) is 13.2 Å². The standard InChI is InChI=1S/C17H26N2O3S2/c1-12-9-13(2)11-18(10-12)17(20)15-5-4-8-19(15)24(21,22)16-7-6-14(3)23-16/h6-7,12-13,15H,4-5,8-11H2,1-3H3. The highest BCUT2D eigenvalue weighted by atomic mass is 32.2. The van der Waals surface area contributed by atoms with Gasteiger partial charge in [-0.25, -0.2) is 8.42 Å². The van der Waals surface area contributed by atoms with Crippen LogP contribution >= 0.6 is 11.3 Å². The van der Waals surface area contributed by atoms with Gasteiger partial charge in [0.15, 0.2) is 0 Å². The maximum Gasteiger partial charge on any atom is 0.253 e. The van der Waals surface area contributed by atoms with Crippen molar-refractivity contribution in [2.45, 2.75) is 50.3 Å². The van der Waals surface area contributed by atoms with Crippen molar-refractivity contribution in [1.29, 1.82) is 0 Å². The Kier molecular flexibility index (Phi) is 5.04. The summed E-state index contributed by atoms with van der Waals surface area (Å²) in [6.45, 7) is 8.14. The summed E-state index contributed by atoms with van der Waals surface area (Å²) >= 11 is 1.28. The molecule has 0 aromatic carbocycles. The lowest BCUT2D eigenvalue weighted by molar-refractivity contribution is -0.137. The molecule has 134 valence electrons. The SMILES string of the molecule is Cc1ccc(S(=O)(=O)N2CCCC2C(=O)N2CC(C)CC(C)C2)s1. The molecule has 1 aromatic heterocycles. The van der Waals surface area contributed by atoms with Crippen LogP contribution in [0.25, 0.3) is 0 Å². The van der Waals surface area contributed by atoms with E-state index in [-0.39, 0.29) is 5.91 Å². The number of amides is 1. The van der Waals surface area contributed by atoms with Crippen molar-refractivity contribution in [3.63, 3.8) is 0 Å². The highest BCUT2D eigenvalue weighted by molar-refractivity contribution is 7.91. The zero-order valence-corrected chi connectivity index (χ0v) is 16.2. The van der Waals surface area contributed by atoms with Crippen LogP contribution in [0.3, 0.4) is 0 Å². The highest BCUT2D eigenvalue weighted by Gasteiger charge is 2.42. The van der Waals surface area contributed by atoms with Crippen LogP contribution in [0.5, 0.6) is 0 Å². The topological polar surface area (TPSA) is 57.7 Å². The minimum atomic E-state index is -3.57. The number of hydrogen-bond acceptors (Lipinski definition) is 4. The zero-order chi connectivity index (χ0) is 17.5. The molecule has 2 aliphatic heterocycles. The van der Waals surface area contributed by atoms with E-state index in [0.29, 0.717) is 29.0 Å². The van der Waals surface area contributed by atoms with E-state index in [1.54, 1.807) is 6.07 Å². The van der Waals surface area contributed by atoms with Crippen molar-refractivity contribution >= 4 is 27.3 Å². The predicted octanol–water partition coefficient (Wildman–Crippen LogP) is 2.71. The van der Waals surface area contributed by atoms with Gasteiger partial charge in [0.25, 0.3) is 10.0 Å². The van der Waals surface area contributed by atoms with Crippen LogP contribution < -0.4 is 0 Å². The molecule has 7 heteroatoms. The molecule has 0 radical (unpaired) electrons. The van der Waals surface area contributed by atoms with E-state index < -0.39 is 16.1 Å². The first-order valence-electron chi connectivity index (χ1n) is 8.66. The van der Waals surface area contributed by atoms with Gasteiger partial charge in [0.1, 0.15) is 10.3 Å². The summed E-state index contributed by atoms with van der Waals surface area (Å²) < 4.78 is 27.7. The van der Waals surface area contributed by atoms with Crippen molar-refractivity contribution in [2.75, 3.05) is 19.6 Å². The quantitative estimate of drug-likeness (QED) is 0.822. The summed E-state index contributed by atoms with van der Waals surface area (Å²) in [5, 5.41) is 0. The fraction of sp³-hybridized carbons (Fsp3) is 0.706. The molecule has 2 aliphatic rings. The Labute approximate surface area is 148 Å². The first-order valence-corrected chi connectivity index (χ1v) is 10.9. The minimum absolute atomic E-state index is 0.0113. The summed E-state index contributed by atoms with van der Waals surface area (Å²) in [5.41, 5.74) is 0. The van der Waals surface area contributed by atoms with Gasteiger partial charge >= 0.3 is 0 Å². The predicted molar refractivity (Wildman–Crippen MR) is 95.5 cm³/mol. The summed E-state index contributed by atoms with van der Waals surface area (Å²) in [6.07, 6.45) is 2.51. The molecular formula is C17H26N2O3S2. The molecule has 3 atom stereocenters. The lowest BCUT2D eigenvalue weighted by Crippen LogP contribution is -2.51. The Bertz CT molecular complexity index is 703. The van der Waals surface area contributed by atoms with Crippen LogP contribution in [0.15, 0.2) is 16.3 Å². The van der Waals surface area contributed by atoms with Crippen molar-refractivity contribution in [2.24, 2.45) is 11.8 Å². The van der Waals surface area contributed by atoms with Gasteiger partial charge in [-0.2, -0.15) is 4.31 Å². The lowest BCUT2D eigenvalue weighted by atomic mass is 9.91. The Hall–Kier alpha value is -0.920. The van der Waals surface area contributed by atoms with E-state index in [4.69, 9.17) is 0 Å². The monoisotopic (exact) mass is 370 g/mol. The van der Waals surface area contributed by atoms with Gasteiger partial charge < -0.3 is 4.90 Å².